The van der Waals surface area contributed by atoms with Gasteiger partial charge in [0.2, 0.25) is 0 Å². The molecule has 0 amide bonds. The predicted octanol–water partition coefficient (Wildman–Crippen LogP) is 4.06. The topological polar surface area (TPSA) is 15.3 Å². The highest BCUT2D eigenvalue weighted by molar-refractivity contribution is 4.82. The minimum atomic E-state index is 0.688. The Labute approximate surface area is 121 Å². The molecule has 1 fully saturated rings. The molecule has 3 atom stereocenters. The molecule has 1 rings (SSSR count). The zero-order chi connectivity index (χ0) is 14.1. The van der Waals surface area contributed by atoms with Crippen LogP contribution in [0.2, 0.25) is 0 Å². The highest BCUT2D eigenvalue weighted by Gasteiger charge is 2.24. The Hall–Kier alpha value is -0.0800. The lowest BCUT2D eigenvalue weighted by Crippen LogP contribution is -2.43. The van der Waals surface area contributed by atoms with Gasteiger partial charge in [-0.2, -0.15) is 0 Å². The van der Waals surface area contributed by atoms with Crippen LogP contribution in [0.5, 0.6) is 0 Å². The summed E-state index contributed by atoms with van der Waals surface area (Å²) in [6.45, 7) is 12.9. The molecule has 0 aliphatic heterocycles. The van der Waals surface area contributed by atoms with Crippen LogP contribution in [0.15, 0.2) is 0 Å². The van der Waals surface area contributed by atoms with Gasteiger partial charge in [-0.15, -0.1) is 0 Å². The summed E-state index contributed by atoms with van der Waals surface area (Å²) in [5.74, 6) is 0.930. The summed E-state index contributed by atoms with van der Waals surface area (Å²) >= 11 is 0. The molecule has 3 unspecified atom stereocenters. The van der Waals surface area contributed by atoms with Crippen LogP contribution < -0.4 is 5.32 Å². The minimum Gasteiger partial charge on any atom is -0.311 e. The van der Waals surface area contributed by atoms with E-state index < -0.39 is 0 Å². The second-order valence-electron chi connectivity index (χ2n) is 6.30. The summed E-state index contributed by atoms with van der Waals surface area (Å²) in [7, 11) is 0. The van der Waals surface area contributed by atoms with Gasteiger partial charge in [-0.1, -0.05) is 40.0 Å². The van der Waals surface area contributed by atoms with Crippen molar-refractivity contribution >= 4 is 0 Å². The van der Waals surface area contributed by atoms with Crippen molar-refractivity contribution in [2.45, 2.75) is 84.7 Å². The Morgan fingerprint density at radius 3 is 2.42 bits per heavy atom. The first-order chi connectivity index (χ1) is 9.21. The van der Waals surface area contributed by atoms with Gasteiger partial charge in [0.1, 0.15) is 0 Å². The van der Waals surface area contributed by atoms with E-state index in [1.54, 1.807) is 0 Å². The molecule has 114 valence electrons. The maximum atomic E-state index is 3.91. The van der Waals surface area contributed by atoms with Crippen LogP contribution in [0, 0.1) is 5.92 Å². The van der Waals surface area contributed by atoms with Crippen molar-refractivity contribution in [2.75, 3.05) is 19.6 Å². The molecule has 1 aliphatic rings. The summed E-state index contributed by atoms with van der Waals surface area (Å²) < 4.78 is 0. The fourth-order valence-corrected chi connectivity index (χ4v) is 3.53. The average Bonchev–Trinajstić information content (AvgIpc) is 2.44. The molecule has 0 bridgehead atoms. The highest BCUT2D eigenvalue weighted by atomic mass is 15.1. The lowest BCUT2D eigenvalue weighted by Gasteiger charge is -2.34. The summed E-state index contributed by atoms with van der Waals surface area (Å²) in [6.07, 6.45) is 9.74. The smallest absolute Gasteiger partial charge is 0.00976 e. The van der Waals surface area contributed by atoms with Crippen molar-refractivity contribution in [3.63, 3.8) is 0 Å². The Morgan fingerprint density at radius 2 is 1.79 bits per heavy atom. The third-order valence-corrected chi connectivity index (χ3v) is 4.94. The molecule has 0 saturated heterocycles. The van der Waals surface area contributed by atoms with E-state index in [9.17, 15) is 0 Å². The molecule has 1 N–H and O–H groups in total. The summed E-state index contributed by atoms with van der Waals surface area (Å²) in [5, 5.41) is 3.91. The molecule has 0 aromatic heterocycles. The van der Waals surface area contributed by atoms with Crippen LogP contribution in [-0.2, 0) is 0 Å². The Balaban J connectivity index is 2.20. The molecule has 2 heteroatoms. The molecule has 0 spiro atoms. The predicted molar refractivity (Wildman–Crippen MR) is 85.7 cm³/mol. The van der Waals surface area contributed by atoms with Gasteiger partial charge in [-0.3, -0.25) is 0 Å². The van der Waals surface area contributed by atoms with Crippen LogP contribution >= 0.6 is 0 Å². The Bertz CT molecular complexity index is 213. The highest BCUT2D eigenvalue weighted by Crippen LogP contribution is 2.27. The van der Waals surface area contributed by atoms with Crippen LogP contribution in [0.1, 0.15) is 72.6 Å². The number of nitrogens with zero attached hydrogens (tertiary/aromatic N) is 1. The van der Waals surface area contributed by atoms with E-state index in [4.69, 9.17) is 0 Å². The Kier molecular flexibility index (Phi) is 8.72. The molecule has 0 heterocycles. The van der Waals surface area contributed by atoms with Crippen LogP contribution in [0.4, 0.5) is 0 Å². The largest absolute Gasteiger partial charge is 0.311 e. The van der Waals surface area contributed by atoms with Gasteiger partial charge in [0.05, 0.1) is 0 Å². The molecular weight excluding hydrogens is 232 g/mol. The first-order valence-corrected chi connectivity index (χ1v) is 8.69. The van der Waals surface area contributed by atoms with E-state index >= 15 is 0 Å². The van der Waals surface area contributed by atoms with Crippen molar-refractivity contribution < 1.29 is 0 Å². The fraction of sp³-hybridized carbons (Fsp3) is 1.00. The van der Waals surface area contributed by atoms with Crippen molar-refractivity contribution in [3.8, 4) is 0 Å². The third-order valence-electron chi connectivity index (χ3n) is 4.94. The number of rotatable bonds is 9. The summed E-state index contributed by atoms with van der Waals surface area (Å²) in [5.41, 5.74) is 0. The van der Waals surface area contributed by atoms with Crippen molar-refractivity contribution in [1.82, 2.24) is 10.2 Å². The van der Waals surface area contributed by atoms with Gasteiger partial charge in [0.25, 0.3) is 0 Å². The molecule has 0 aromatic rings. The summed E-state index contributed by atoms with van der Waals surface area (Å²) in [6, 6.07) is 1.48. The van der Waals surface area contributed by atoms with Gasteiger partial charge in [0.15, 0.2) is 0 Å². The molecular formula is C17H36N2. The van der Waals surface area contributed by atoms with Crippen molar-refractivity contribution in [1.29, 1.82) is 0 Å². The fourth-order valence-electron chi connectivity index (χ4n) is 3.53. The van der Waals surface area contributed by atoms with E-state index in [0.717, 1.165) is 12.0 Å². The van der Waals surface area contributed by atoms with Crippen LogP contribution in [-0.4, -0.2) is 36.6 Å². The van der Waals surface area contributed by atoms with Gasteiger partial charge in [-0.05, 0) is 58.2 Å². The molecule has 0 aromatic carbocycles. The van der Waals surface area contributed by atoms with Crippen molar-refractivity contribution in [3.05, 3.63) is 0 Å². The number of hydrogen-bond acceptors (Lipinski definition) is 2. The number of hydrogen-bond donors (Lipinski definition) is 1. The van der Waals surface area contributed by atoms with E-state index in [1.165, 1.54) is 64.6 Å². The van der Waals surface area contributed by atoms with Crippen LogP contribution in [0.25, 0.3) is 0 Å². The van der Waals surface area contributed by atoms with Gasteiger partial charge >= 0.3 is 0 Å². The molecule has 0 radical (unpaired) electrons. The molecule has 1 saturated carbocycles. The van der Waals surface area contributed by atoms with Gasteiger partial charge < -0.3 is 10.2 Å². The minimum absolute atomic E-state index is 0.688. The Morgan fingerprint density at radius 1 is 1.11 bits per heavy atom. The average molecular weight is 268 g/mol. The second kappa shape index (κ2) is 9.77. The quantitative estimate of drug-likeness (QED) is 0.678. The molecule has 1 aliphatic carbocycles. The normalized spacial score (nSPS) is 25.7. The zero-order valence-electron chi connectivity index (χ0n) is 13.8. The monoisotopic (exact) mass is 268 g/mol. The molecule has 2 nitrogen and oxygen atoms in total. The molecule has 19 heavy (non-hydrogen) atoms. The van der Waals surface area contributed by atoms with Crippen LogP contribution in [0.3, 0.4) is 0 Å². The lowest BCUT2D eigenvalue weighted by molar-refractivity contribution is 0.230. The third kappa shape index (κ3) is 6.27. The van der Waals surface area contributed by atoms with Gasteiger partial charge in [-0.25, -0.2) is 0 Å². The van der Waals surface area contributed by atoms with E-state index in [1.807, 2.05) is 0 Å². The number of nitrogens with one attached hydrogen (secondary N) is 1. The van der Waals surface area contributed by atoms with E-state index in [2.05, 4.69) is 37.9 Å². The standard InChI is InChI=1S/C17H36N2/c1-5-16-12-8-9-13-17(16)18-15(4)11-10-14-19(6-2)7-3/h15-18H,5-14H2,1-4H3. The second-order valence-corrected chi connectivity index (χ2v) is 6.30. The van der Waals surface area contributed by atoms with Crippen molar-refractivity contribution in [2.24, 2.45) is 5.92 Å². The van der Waals surface area contributed by atoms with E-state index in [-0.39, 0.29) is 0 Å². The first kappa shape index (κ1) is 17.0. The zero-order valence-corrected chi connectivity index (χ0v) is 13.8. The van der Waals surface area contributed by atoms with Gasteiger partial charge in [0, 0.05) is 12.1 Å². The summed E-state index contributed by atoms with van der Waals surface area (Å²) in [4.78, 5) is 2.53. The SMILES string of the molecule is CCC1CCCCC1NC(C)CCCN(CC)CC. The van der Waals surface area contributed by atoms with E-state index in [0.29, 0.717) is 6.04 Å². The first-order valence-electron chi connectivity index (χ1n) is 8.69. The maximum Gasteiger partial charge on any atom is 0.00976 e. The lowest BCUT2D eigenvalue weighted by atomic mass is 9.82. The maximum absolute atomic E-state index is 3.91.